The zero-order chi connectivity index (χ0) is 12.6. The maximum Gasteiger partial charge on any atom is 0.310 e. The molecule has 0 spiro atoms. The van der Waals surface area contributed by atoms with Gasteiger partial charge in [0.15, 0.2) is 0 Å². The molecular formula is C14H20N2O2. The van der Waals surface area contributed by atoms with E-state index in [2.05, 4.69) is 9.78 Å². The molecule has 1 aromatic heterocycles. The molecule has 2 aliphatic carbocycles. The number of carbonyl (C=O) groups is 1. The number of hydrogen-bond donors (Lipinski definition) is 1. The Kier molecular flexibility index (Phi) is 2.88. The number of hydrogen-bond acceptors (Lipinski definition) is 2. The Morgan fingerprint density at radius 2 is 2.11 bits per heavy atom. The lowest BCUT2D eigenvalue weighted by Crippen LogP contribution is -2.18. The molecule has 4 nitrogen and oxygen atoms in total. The predicted molar refractivity (Wildman–Crippen MR) is 67.4 cm³/mol. The molecule has 98 valence electrons. The molecule has 0 saturated heterocycles. The summed E-state index contributed by atoms with van der Waals surface area (Å²) in [4.78, 5) is 11.2. The van der Waals surface area contributed by atoms with Crippen LogP contribution in [-0.2, 0) is 11.2 Å². The van der Waals surface area contributed by atoms with Gasteiger partial charge in [-0.2, -0.15) is 5.10 Å². The van der Waals surface area contributed by atoms with E-state index in [0.717, 1.165) is 18.5 Å². The fourth-order valence-corrected chi connectivity index (χ4v) is 2.98. The van der Waals surface area contributed by atoms with Crippen molar-refractivity contribution in [3.05, 3.63) is 18.0 Å². The highest BCUT2D eigenvalue weighted by atomic mass is 16.4. The van der Waals surface area contributed by atoms with E-state index < -0.39 is 11.4 Å². The Hall–Kier alpha value is -1.32. The van der Waals surface area contributed by atoms with Crippen molar-refractivity contribution < 1.29 is 9.90 Å². The fraction of sp³-hybridized carbons (Fsp3) is 0.714. The van der Waals surface area contributed by atoms with E-state index in [-0.39, 0.29) is 0 Å². The summed E-state index contributed by atoms with van der Waals surface area (Å²) in [5.41, 5.74) is 0.451. The van der Waals surface area contributed by atoms with Crippen LogP contribution in [0, 0.1) is 5.41 Å². The van der Waals surface area contributed by atoms with Gasteiger partial charge in [-0.15, -0.1) is 0 Å². The number of aliphatic carboxylic acids is 1. The van der Waals surface area contributed by atoms with Gasteiger partial charge in [0.1, 0.15) is 0 Å². The first-order chi connectivity index (χ1) is 8.70. The van der Waals surface area contributed by atoms with Gasteiger partial charge in [0.2, 0.25) is 0 Å². The number of carboxylic acids is 1. The zero-order valence-corrected chi connectivity index (χ0v) is 10.6. The van der Waals surface area contributed by atoms with E-state index in [1.807, 2.05) is 12.3 Å². The van der Waals surface area contributed by atoms with Gasteiger partial charge in [0, 0.05) is 12.6 Å². The maximum absolute atomic E-state index is 11.2. The molecule has 2 saturated carbocycles. The Morgan fingerprint density at radius 3 is 2.72 bits per heavy atom. The van der Waals surface area contributed by atoms with Crippen LogP contribution in [-0.4, -0.2) is 20.9 Å². The lowest BCUT2D eigenvalue weighted by Gasteiger charge is -2.21. The molecule has 1 N–H and O–H groups in total. The van der Waals surface area contributed by atoms with E-state index in [1.165, 1.54) is 32.1 Å². The van der Waals surface area contributed by atoms with Crippen molar-refractivity contribution in [2.24, 2.45) is 5.41 Å². The SMILES string of the molecule is O=C(O)C1(Cc2ccn(C3CCCCC3)n2)CC1. The molecule has 1 heterocycles. The first-order valence-corrected chi connectivity index (χ1v) is 6.97. The van der Waals surface area contributed by atoms with Crippen LogP contribution < -0.4 is 0 Å². The Bertz CT molecular complexity index is 442. The lowest BCUT2D eigenvalue weighted by atomic mass is 9.96. The van der Waals surface area contributed by atoms with Gasteiger partial charge < -0.3 is 5.11 Å². The maximum atomic E-state index is 11.2. The monoisotopic (exact) mass is 248 g/mol. The highest BCUT2D eigenvalue weighted by molar-refractivity contribution is 5.78. The van der Waals surface area contributed by atoms with E-state index in [9.17, 15) is 9.90 Å². The van der Waals surface area contributed by atoms with Crippen LogP contribution in [0.3, 0.4) is 0 Å². The van der Waals surface area contributed by atoms with Crippen LogP contribution in [0.25, 0.3) is 0 Å². The minimum absolute atomic E-state index is 0.494. The molecule has 0 radical (unpaired) electrons. The average Bonchev–Trinajstić information content (AvgIpc) is 3.01. The molecule has 1 aromatic rings. The van der Waals surface area contributed by atoms with Crippen molar-refractivity contribution >= 4 is 5.97 Å². The van der Waals surface area contributed by atoms with Crippen molar-refractivity contribution in [3.8, 4) is 0 Å². The van der Waals surface area contributed by atoms with Gasteiger partial charge in [-0.05, 0) is 31.7 Å². The molecule has 0 unspecified atom stereocenters. The van der Waals surface area contributed by atoms with Gasteiger partial charge >= 0.3 is 5.97 Å². The lowest BCUT2D eigenvalue weighted by molar-refractivity contribution is -0.143. The second-order valence-corrected chi connectivity index (χ2v) is 5.84. The third kappa shape index (κ3) is 2.16. The van der Waals surface area contributed by atoms with Gasteiger partial charge in [0.05, 0.1) is 17.2 Å². The van der Waals surface area contributed by atoms with Gasteiger partial charge in [0.25, 0.3) is 0 Å². The molecule has 2 fully saturated rings. The number of aromatic nitrogens is 2. The number of rotatable bonds is 4. The van der Waals surface area contributed by atoms with E-state index in [4.69, 9.17) is 0 Å². The molecule has 0 aromatic carbocycles. The van der Waals surface area contributed by atoms with Gasteiger partial charge in [-0.25, -0.2) is 0 Å². The largest absolute Gasteiger partial charge is 0.481 e. The van der Waals surface area contributed by atoms with Crippen LogP contribution in [0.1, 0.15) is 56.7 Å². The molecule has 4 heteroatoms. The molecular weight excluding hydrogens is 228 g/mol. The fourth-order valence-electron chi connectivity index (χ4n) is 2.98. The summed E-state index contributed by atoms with van der Waals surface area (Å²) in [6.07, 6.45) is 10.6. The molecule has 18 heavy (non-hydrogen) atoms. The summed E-state index contributed by atoms with van der Waals surface area (Å²) in [6.45, 7) is 0. The van der Waals surface area contributed by atoms with Crippen LogP contribution in [0.5, 0.6) is 0 Å². The number of carboxylic acid groups (broad SMARTS) is 1. The summed E-state index contributed by atoms with van der Waals surface area (Å²) >= 11 is 0. The van der Waals surface area contributed by atoms with Crippen LogP contribution in [0.4, 0.5) is 0 Å². The average molecular weight is 248 g/mol. The summed E-state index contributed by atoms with van der Waals surface area (Å²) in [5, 5.41) is 13.8. The van der Waals surface area contributed by atoms with E-state index in [0.29, 0.717) is 12.5 Å². The van der Waals surface area contributed by atoms with Crippen LogP contribution >= 0.6 is 0 Å². The van der Waals surface area contributed by atoms with Gasteiger partial charge in [-0.1, -0.05) is 19.3 Å². The predicted octanol–water partition coefficient (Wildman–Crippen LogP) is 2.80. The highest BCUT2D eigenvalue weighted by Crippen LogP contribution is 2.48. The minimum atomic E-state index is -0.658. The first kappa shape index (κ1) is 11.8. The second-order valence-electron chi connectivity index (χ2n) is 5.84. The number of nitrogens with zero attached hydrogens (tertiary/aromatic N) is 2. The smallest absolute Gasteiger partial charge is 0.310 e. The van der Waals surface area contributed by atoms with Crippen LogP contribution in [0.2, 0.25) is 0 Å². The zero-order valence-electron chi connectivity index (χ0n) is 10.6. The minimum Gasteiger partial charge on any atom is -0.481 e. The topological polar surface area (TPSA) is 55.1 Å². The van der Waals surface area contributed by atoms with Crippen molar-refractivity contribution in [1.29, 1.82) is 0 Å². The van der Waals surface area contributed by atoms with Crippen molar-refractivity contribution in [2.45, 2.75) is 57.4 Å². The summed E-state index contributed by atoms with van der Waals surface area (Å²) < 4.78 is 2.06. The molecule has 0 aliphatic heterocycles. The summed E-state index contributed by atoms with van der Waals surface area (Å²) in [5.74, 6) is -0.658. The van der Waals surface area contributed by atoms with Gasteiger partial charge in [-0.3, -0.25) is 9.48 Å². The molecule has 2 aliphatic rings. The highest BCUT2D eigenvalue weighted by Gasteiger charge is 2.50. The third-order valence-electron chi connectivity index (χ3n) is 4.44. The third-order valence-corrected chi connectivity index (χ3v) is 4.44. The Labute approximate surface area is 107 Å². The quantitative estimate of drug-likeness (QED) is 0.891. The second kappa shape index (κ2) is 4.41. The Morgan fingerprint density at radius 1 is 1.39 bits per heavy atom. The van der Waals surface area contributed by atoms with Crippen molar-refractivity contribution in [3.63, 3.8) is 0 Å². The van der Waals surface area contributed by atoms with Crippen LogP contribution in [0.15, 0.2) is 12.3 Å². The summed E-state index contributed by atoms with van der Waals surface area (Å²) in [6, 6.07) is 2.53. The van der Waals surface area contributed by atoms with E-state index in [1.54, 1.807) is 0 Å². The molecule has 3 rings (SSSR count). The van der Waals surface area contributed by atoms with Crippen molar-refractivity contribution in [1.82, 2.24) is 9.78 Å². The first-order valence-electron chi connectivity index (χ1n) is 6.97. The summed E-state index contributed by atoms with van der Waals surface area (Å²) in [7, 11) is 0. The molecule has 0 bridgehead atoms. The molecule has 0 atom stereocenters. The van der Waals surface area contributed by atoms with Crippen molar-refractivity contribution in [2.75, 3.05) is 0 Å². The standard InChI is InChI=1S/C14H20N2O2/c17-13(18)14(7-8-14)10-11-6-9-16(15-11)12-4-2-1-3-5-12/h6,9,12H,1-5,7-8,10H2,(H,17,18). The Balaban J connectivity index is 1.68. The van der Waals surface area contributed by atoms with E-state index >= 15 is 0 Å². The normalized spacial score (nSPS) is 22.9. The molecule has 0 amide bonds.